The van der Waals surface area contributed by atoms with Gasteiger partial charge in [-0.05, 0) is 43.2 Å². The van der Waals surface area contributed by atoms with Crippen molar-refractivity contribution in [3.8, 4) is 0 Å². The van der Waals surface area contributed by atoms with E-state index in [0.717, 1.165) is 45.3 Å². The Morgan fingerprint density at radius 3 is 2.57 bits per heavy atom. The third-order valence-corrected chi connectivity index (χ3v) is 5.10. The quantitative estimate of drug-likeness (QED) is 0.896. The van der Waals surface area contributed by atoms with Crippen molar-refractivity contribution in [1.82, 2.24) is 15.5 Å². The van der Waals surface area contributed by atoms with Gasteiger partial charge in [-0.25, -0.2) is 4.79 Å². The number of nitrogens with zero attached hydrogens (tertiary/aromatic N) is 1. The number of carbonyl (C=O) groups is 2. The van der Waals surface area contributed by atoms with E-state index in [4.69, 9.17) is 0 Å². The van der Waals surface area contributed by atoms with Crippen LogP contribution in [0.3, 0.4) is 0 Å². The maximum Gasteiger partial charge on any atom is 0.317 e. The van der Waals surface area contributed by atoms with E-state index in [1.165, 1.54) is 0 Å². The lowest BCUT2D eigenvalue weighted by molar-refractivity contribution is 0.0937. The second kappa shape index (κ2) is 6.60. The van der Waals surface area contributed by atoms with E-state index in [9.17, 15) is 9.59 Å². The van der Waals surface area contributed by atoms with E-state index in [2.05, 4.69) is 17.6 Å². The van der Waals surface area contributed by atoms with Crippen molar-refractivity contribution in [2.75, 3.05) is 19.6 Å². The molecule has 0 radical (unpaired) electrons. The number of benzene rings is 1. The summed E-state index contributed by atoms with van der Waals surface area (Å²) in [7, 11) is 0. The first-order chi connectivity index (χ1) is 11.1. The van der Waals surface area contributed by atoms with E-state index in [1.807, 2.05) is 35.2 Å². The Bertz CT molecular complexity index is 565. The summed E-state index contributed by atoms with van der Waals surface area (Å²) in [5.41, 5.74) is 0.928. The van der Waals surface area contributed by atoms with Crippen LogP contribution in [0.1, 0.15) is 43.0 Å². The number of carbonyl (C=O) groups excluding carboxylic acids is 2. The van der Waals surface area contributed by atoms with E-state index < -0.39 is 0 Å². The van der Waals surface area contributed by atoms with E-state index >= 15 is 0 Å². The largest absolute Gasteiger partial charge is 0.349 e. The lowest BCUT2D eigenvalue weighted by Gasteiger charge is -2.33. The Morgan fingerprint density at radius 1 is 1.22 bits per heavy atom. The minimum Gasteiger partial charge on any atom is -0.349 e. The zero-order valence-corrected chi connectivity index (χ0v) is 13.7. The molecule has 2 N–H and O–H groups in total. The topological polar surface area (TPSA) is 61.4 Å². The van der Waals surface area contributed by atoms with E-state index in [0.29, 0.717) is 5.56 Å². The van der Waals surface area contributed by atoms with Crippen molar-refractivity contribution >= 4 is 11.9 Å². The predicted octanol–water partition coefficient (Wildman–Crippen LogP) is 2.39. The van der Waals surface area contributed by atoms with Gasteiger partial charge in [0, 0.05) is 31.2 Å². The standard InChI is InChI=1S/C18H25N3O2/c1-2-10-19-17(23)21-11-8-18(9-12-21)13-15(18)20-16(22)14-6-4-3-5-7-14/h3-7,15H,2,8-13H2,1H3,(H,19,23)(H,20,22). The zero-order valence-electron chi connectivity index (χ0n) is 13.7. The molecule has 5 heteroatoms. The molecule has 0 aromatic heterocycles. The highest BCUT2D eigenvalue weighted by molar-refractivity contribution is 5.94. The SMILES string of the molecule is CCCNC(=O)N1CCC2(CC1)CC2NC(=O)c1ccccc1. The summed E-state index contributed by atoms with van der Waals surface area (Å²) in [6, 6.07) is 9.66. The zero-order chi connectivity index (χ0) is 16.3. The molecule has 23 heavy (non-hydrogen) atoms. The van der Waals surface area contributed by atoms with E-state index in [1.54, 1.807) is 0 Å². The number of nitrogens with one attached hydrogen (secondary N) is 2. The van der Waals surface area contributed by atoms with Crippen molar-refractivity contribution in [1.29, 1.82) is 0 Å². The lowest BCUT2D eigenvalue weighted by Crippen LogP contribution is -2.46. The monoisotopic (exact) mass is 315 g/mol. The first kappa shape index (κ1) is 15.8. The maximum absolute atomic E-state index is 12.2. The number of likely N-dealkylation sites (tertiary alicyclic amines) is 1. The van der Waals surface area contributed by atoms with Gasteiger partial charge >= 0.3 is 6.03 Å². The molecule has 0 bridgehead atoms. The molecular weight excluding hydrogens is 290 g/mol. The Hall–Kier alpha value is -2.04. The van der Waals surface area contributed by atoms with Gasteiger partial charge in [-0.2, -0.15) is 0 Å². The van der Waals surface area contributed by atoms with Gasteiger partial charge in [-0.15, -0.1) is 0 Å². The molecule has 1 aliphatic carbocycles. The van der Waals surface area contributed by atoms with Crippen LogP contribution in [-0.4, -0.2) is 42.5 Å². The molecule has 1 unspecified atom stereocenters. The molecule has 1 aliphatic heterocycles. The third kappa shape index (κ3) is 3.49. The van der Waals surface area contributed by atoms with Crippen LogP contribution in [0.2, 0.25) is 0 Å². The van der Waals surface area contributed by atoms with Crippen molar-refractivity contribution in [3.63, 3.8) is 0 Å². The fraction of sp³-hybridized carbons (Fsp3) is 0.556. The van der Waals surface area contributed by atoms with Gasteiger partial charge in [0.25, 0.3) is 5.91 Å². The molecular formula is C18H25N3O2. The summed E-state index contributed by atoms with van der Waals surface area (Å²) in [5, 5.41) is 6.08. The van der Waals surface area contributed by atoms with Gasteiger partial charge < -0.3 is 15.5 Å². The summed E-state index contributed by atoms with van der Waals surface area (Å²) >= 11 is 0. The first-order valence-electron chi connectivity index (χ1n) is 8.53. The number of urea groups is 1. The average Bonchev–Trinajstić information content (AvgIpc) is 3.25. The van der Waals surface area contributed by atoms with Crippen LogP contribution in [0.15, 0.2) is 30.3 Å². The Balaban J connectivity index is 1.47. The van der Waals surface area contributed by atoms with Crippen LogP contribution < -0.4 is 10.6 Å². The highest BCUT2D eigenvalue weighted by Crippen LogP contribution is 2.53. The fourth-order valence-corrected chi connectivity index (χ4v) is 3.43. The smallest absolute Gasteiger partial charge is 0.317 e. The van der Waals surface area contributed by atoms with Crippen LogP contribution in [0.4, 0.5) is 4.79 Å². The van der Waals surface area contributed by atoms with Gasteiger partial charge in [0.15, 0.2) is 0 Å². The first-order valence-corrected chi connectivity index (χ1v) is 8.53. The second-order valence-electron chi connectivity index (χ2n) is 6.68. The molecule has 1 aromatic rings. The van der Waals surface area contributed by atoms with E-state index in [-0.39, 0.29) is 23.4 Å². The molecule has 5 nitrogen and oxygen atoms in total. The fourth-order valence-electron chi connectivity index (χ4n) is 3.43. The molecule has 124 valence electrons. The van der Waals surface area contributed by atoms with Crippen molar-refractivity contribution in [2.24, 2.45) is 5.41 Å². The molecule has 1 heterocycles. The molecule has 1 spiro atoms. The number of piperidine rings is 1. The highest BCUT2D eigenvalue weighted by atomic mass is 16.2. The van der Waals surface area contributed by atoms with Crippen LogP contribution >= 0.6 is 0 Å². The van der Waals surface area contributed by atoms with Crippen LogP contribution in [-0.2, 0) is 0 Å². The molecule has 3 rings (SSSR count). The van der Waals surface area contributed by atoms with Crippen molar-refractivity contribution in [3.05, 3.63) is 35.9 Å². The van der Waals surface area contributed by atoms with Gasteiger partial charge in [-0.3, -0.25) is 4.79 Å². The second-order valence-corrected chi connectivity index (χ2v) is 6.68. The predicted molar refractivity (Wildman–Crippen MR) is 89.2 cm³/mol. The van der Waals surface area contributed by atoms with Gasteiger partial charge in [0.1, 0.15) is 0 Å². The normalized spacial score (nSPS) is 21.8. The van der Waals surface area contributed by atoms with Crippen LogP contribution in [0.25, 0.3) is 0 Å². The van der Waals surface area contributed by atoms with Crippen LogP contribution in [0, 0.1) is 5.41 Å². The summed E-state index contributed by atoms with van der Waals surface area (Å²) in [6.45, 7) is 4.35. The number of hydrogen-bond acceptors (Lipinski definition) is 2. The minimum absolute atomic E-state index is 0.00981. The number of hydrogen-bond donors (Lipinski definition) is 2. The molecule has 2 fully saturated rings. The number of amides is 3. The average molecular weight is 315 g/mol. The summed E-state index contributed by atoms with van der Waals surface area (Å²) < 4.78 is 0. The Kier molecular flexibility index (Phi) is 4.55. The summed E-state index contributed by atoms with van der Waals surface area (Å²) in [4.78, 5) is 26.1. The number of rotatable bonds is 4. The molecule has 1 atom stereocenters. The highest BCUT2D eigenvalue weighted by Gasteiger charge is 2.55. The molecule has 1 saturated carbocycles. The maximum atomic E-state index is 12.2. The van der Waals surface area contributed by atoms with Gasteiger partial charge in [0.05, 0.1) is 0 Å². The lowest BCUT2D eigenvalue weighted by atomic mass is 9.92. The summed E-state index contributed by atoms with van der Waals surface area (Å²) in [5.74, 6) is 0.00981. The molecule has 1 saturated heterocycles. The molecule has 3 amide bonds. The molecule has 2 aliphatic rings. The van der Waals surface area contributed by atoms with Crippen molar-refractivity contribution in [2.45, 2.75) is 38.6 Å². The van der Waals surface area contributed by atoms with Gasteiger partial charge in [0.2, 0.25) is 0 Å². The molecule has 1 aromatic carbocycles. The Labute approximate surface area is 137 Å². The Morgan fingerprint density at radius 2 is 1.91 bits per heavy atom. The minimum atomic E-state index is 0.00981. The van der Waals surface area contributed by atoms with Gasteiger partial charge in [-0.1, -0.05) is 25.1 Å². The summed E-state index contributed by atoms with van der Waals surface area (Å²) in [6.07, 6.45) is 3.95. The third-order valence-electron chi connectivity index (χ3n) is 5.10. The van der Waals surface area contributed by atoms with Crippen molar-refractivity contribution < 1.29 is 9.59 Å². The van der Waals surface area contributed by atoms with Crippen LogP contribution in [0.5, 0.6) is 0 Å².